The standard InChI is InChI=1S/C22H25F3N2O3S2/c1-16(18-9-6-10-19(15-18)22(23,24)25)26-21(28)20(11-13-31-2)27-32(29,30)14-12-17-7-4-3-5-8-17/h3-10,12,14-16,20,27H,11,13H2,1-2H3,(H,26,28)/b14-12-/t16-,20+/m1/s1. The van der Waals surface area contributed by atoms with Gasteiger partial charge < -0.3 is 5.32 Å². The summed E-state index contributed by atoms with van der Waals surface area (Å²) in [5, 5.41) is 3.60. The van der Waals surface area contributed by atoms with Crippen LogP contribution in [-0.2, 0) is 21.0 Å². The summed E-state index contributed by atoms with van der Waals surface area (Å²) in [6, 6.07) is 11.7. The van der Waals surface area contributed by atoms with Crippen LogP contribution in [0.2, 0.25) is 0 Å². The quantitative estimate of drug-likeness (QED) is 0.515. The highest BCUT2D eigenvalue weighted by molar-refractivity contribution is 7.98. The lowest BCUT2D eigenvalue weighted by atomic mass is 10.0. The average Bonchev–Trinajstić information content (AvgIpc) is 2.75. The summed E-state index contributed by atoms with van der Waals surface area (Å²) in [5.41, 5.74) is 0.131. The number of carbonyl (C=O) groups excluding carboxylic acids is 1. The van der Waals surface area contributed by atoms with E-state index in [1.165, 1.54) is 30.0 Å². The largest absolute Gasteiger partial charge is 0.416 e. The molecule has 174 valence electrons. The van der Waals surface area contributed by atoms with Gasteiger partial charge in [0.25, 0.3) is 0 Å². The van der Waals surface area contributed by atoms with E-state index in [-0.39, 0.29) is 12.0 Å². The van der Waals surface area contributed by atoms with E-state index >= 15 is 0 Å². The monoisotopic (exact) mass is 486 g/mol. The molecular weight excluding hydrogens is 461 g/mol. The number of amides is 1. The maximum absolute atomic E-state index is 13.0. The molecule has 1 amide bonds. The van der Waals surface area contributed by atoms with Crippen LogP contribution in [0.5, 0.6) is 0 Å². The molecule has 5 nitrogen and oxygen atoms in total. The molecule has 2 atom stereocenters. The summed E-state index contributed by atoms with van der Waals surface area (Å²) < 4.78 is 66.2. The smallest absolute Gasteiger partial charge is 0.348 e. The van der Waals surface area contributed by atoms with Crippen LogP contribution in [0.15, 0.2) is 60.0 Å². The lowest BCUT2D eigenvalue weighted by Gasteiger charge is -2.21. The van der Waals surface area contributed by atoms with Crippen LogP contribution in [0, 0.1) is 0 Å². The first-order valence-corrected chi connectivity index (χ1v) is 12.7. The molecule has 2 aromatic carbocycles. The Kier molecular flexibility index (Phi) is 9.35. The van der Waals surface area contributed by atoms with Crippen molar-refractivity contribution in [3.05, 3.63) is 76.7 Å². The minimum absolute atomic E-state index is 0.223. The Hall–Kier alpha value is -2.30. The fourth-order valence-electron chi connectivity index (χ4n) is 2.83. The van der Waals surface area contributed by atoms with Crippen LogP contribution in [0.25, 0.3) is 6.08 Å². The second-order valence-corrected chi connectivity index (χ2v) is 9.65. The highest BCUT2D eigenvalue weighted by Gasteiger charge is 2.31. The highest BCUT2D eigenvalue weighted by Crippen LogP contribution is 2.30. The van der Waals surface area contributed by atoms with Crippen molar-refractivity contribution in [1.29, 1.82) is 0 Å². The van der Waals surface area contributed by atoms with Gasteiger partial charge in [0, 0.05) is 5.41 Å². The second-order valence-electron chi connectivity index (χ2n) is 7.06. The molecule has 0 saturated heterocycles. The van der Waals surface area contributed by atoms with E-state index in [0.717, 1.165) is 17.5 Å². The zero-order valence-electron chi connectivity index (χ0n) is 17.6. The Morgan fingerprint density at radius 3 is 2.44 bits per heavy atom. The van der Waals surface area contributed by atoms with Gasteiger partial charge in [-0.3, -0.25) is 4.79 Å². The summed E-state index contributed by atoms with van der Waals surface area (Å²) in [6.07, 6.45) is -1.04. The molecule has 2 rings (SSSR count). The van der Waals surface area contributed by atoms with Crippen LogP contribution in [-0.4, -0.2) is 32.4 Å². The molecule has 2 aromatic rings. The van der Waals surface area contributed by atoms with Crippen LogP contribution < -0.4 is 10.0 Å². The molecule has 0 aliphatic rings. The van der Waals surface area contributed by atoms with Crippen LogP contribution in [0.1, 0.15) is 36.1 Å². The van der Waals surface area contributed by atoms with Gasteiger partial charge in [-0.2, -0.15) is 29.7 Å². The Balaban J connectivity index is 2.12. The zero-order chi connectivity index (χ0) is 23.8. The summed E-state index contributed by atoms with van der Waals surface area (Å²) >= 11 is 1.45. The van der Waals surface area contributed by atoms with E-state index < -0.39 is 39.8 Å². The molecule has 2 N–H and O–H groups in total. The number of benzene rings is 2. The predicted octanol–water partition coefficient (Wildman–Crippen LogP) is 4.59. The van der Waals surface area contributed by atoms with E-state index in [9.17, 15) is 26.4 Å². The second kappa shape index (κ2) is 11.5. The van der Waals surface area contributed by atoms with Crippen molar-refractivity contribution in [3.8, 4) is 0 Å². The molecule has 0 saturated carbocycles. The topological polar surface area (TPSA) is 75.3 Å². The molecule has 32 heavy (non-hydrogen) atoms. The molecule has 10 heteroatoms. The summed E-state index contributed by atoms with van der Waals surface area (Å²) in [4.78, 5) is 12.8. The minimum atomic E-state index is -4.50. The van der Waals surface area contributed by atoms with Gasteiger partial charge >= 0.3 is 6.18 Å². The molecule has 0 radical (unpaired) electrons. The van der Waals surface area contributed by atoms with Gasteiger partial charge in [-0.05, 0) is 54.7 Å². The number of sulfonamides is 1. The molecule has 0 heterocycles. The number of alkyl halides is 3. The fraction of sp³-hybridized carbons (Fsp3) is 0.318. The third kappa shape index (κ3) is 8.33. The van der Waals surface area contributed by atoms with Crippen LogP contribution in [0.3, 0.4) is 0 Å². The van der Waals surface area contributed by atoms with E-state index in [1.54, 1.807) is 37.3 Å². The Bertz CT molecular complexity index is 1030. The van der Waals surface area contributed by atoms with Crippen LogP contribution in [0.4, 0.5) is 13.2 Å². The van der Waals surface area contributed by atoms with E-state index in [4.69, 9.17) is 0 Å². The highest BCUT2D eigenvalue weighted by atomic mass is 32.2. The lowest BCUT2D eigenvalue weighted by molar-refractivity contribution is -0.137. The first-order valence-electron chi connectivity index (χ1n) is 9.74. The average molecular weight is 487 g/mol. The molecule has 0 aliphatic carbocycles. The van der Waals surface area contributed by atoms with Crippen molar-refractivity contribution in [2.75, 3.05) is 12.0 Å². The molecule has 0 spiro atoms. The lowest BCUT2D eigenvalue weighted by Crippen LogP contribution is -2.47. The molecule has 0 aliphatic heterocycles. The van der Waals surface area contributed by atoms with E-state index in [0.29, 0.717) is 11.3 Å². The maximum Gasteiger partial charge on any atom is 0.416 e. The third-order valence-electron chi connectivity index (χ3n) is 4.55. The normalized spacial score (nSPS) is 14.3. The Morgan fingerprint density at radius 1 is 1.12 bits per heavy atom. The van der Waals surface area contributed by atoms with Crippen molar-refractivity contribution >= 4 is 33.8 Å². The molecule has 0 unspecified atom stereocenters. The van der Waals surface area contributed by atoms with Gasteiger partial charge in [0.05, 0.1) is 11.6 Å². The van der Waals surface area contributed by atoms with Crippen molar-refractivity contribution in [2.24, 2.45) is 0 Å². The summed E-state index contributed by atoms with van der Waals surface area (Å²) in [5.74, 6) is -0.0957. The number of halogens is 3. The number of rotatable bonds is 10. The van der Waals surface area contributed by atoms with Gasteiger partial charge in [-0.1, -0.05) is 42.5 Å². The maximum atomic E-state index is 13.0. The number of thioether (sulfide) groups is 1. The Labute approximate surface area is 190 Å². The fourth-order valence-corrected chi connectivity index (χ4v) is 4.34. The zero-order valence-corrected chi connectivity index (χ0v) is 19.2. The molecule has 0 bridgehead atoms. The van der Waals surface area contributed by atoms with E-state index in [2.05, 4.69) is 10.0 Å². The summed E-state index contributed by atoms with van der Waals surface area (Å²) in [6.45, 7) is 1.54. The first-order chi connectivity index (χ1) is 15.0. The number of hydrogen-bond acceptors (Lipinski definition) is 4. The minimum Gasteiger partial charge on any atom is -0.348 e. The Morgan fingerprint density at radius 2 is 1.81 bits per heavy atom. The van der Waals surface area contributed by atoms with Gasteiger partial charge in [0.2, 0.25) is 15.9 Å². The van der Waals surface area contributed by atoms with Gasteiger partial charge in [-0.15, -0.1) is 0 Å². The van der Waals surface area contributed by atoms with E-state index in [1.807, 2.05) is 6.26 Å². The summed E-state index contributed by atoms with van der Waals surface area (Å²) in [7, 11) is -3.93. The molecule has 0 fully saturated rings. The molecular formula is C22H25F3N2O3S2. The number of carbonyl (C=O) groups is 1. The SMILES string of the molecule is CSCC[C@H](NS(=O)(=O)/C=C\c1ccccc1)C(=O)N[C@H](C)c1cccc(C(F)(F)F)c1. The van der Waals surface area contributed by atoms with Crippen molar-refractivity contribution in [1.82, 2.24) is 10.0 Å². The first kappa shape index (κ1) is 26.0. The van der Waals surface area contributed by atoms with Crippen LogP contribution >= 0.6 is 11.8 Å². The van der Waals surface area contributed by atoms with Crippen molar-refractivity contribution in [2.45, 2.75) is 31.6 Å². The molecule has 0 aromatic heterocycles. The van der Waals surface area contributed by atoms with Gasteiger partial charge in [0.15, 0.2) is 0 Å². The van der Waals surface area contributed by atoms with Gasteiger partial charge in [-0.25, -0.2) is 8.42 Å². The predicted molar refractivity (Wildman–Crippen MR) is 122 cm³/mol. The van der Waals surface area contributed by atoms with Crippen molar-refractivity contribution in [3.63, 3.8) is 0 Å². The third-order valence-corrected chi connectivity index (χ3v) is 6.30. The number of hydrogen-bond donors (Lipinski definition) is 2. The van der Waals surface area contributed by atoms with Gasteiger partial charge in [0.1, 0.15) is 6.04 Å². The number of nitrogens with one attached hydrogen (secondary N) is 2. The van der Waals surface area contributed by atoms with Crippen molar-refractivity contribution < 1.29 is 26.4 Å².